The highest BCUT2D eigenvalue weighted by Crippen LogP contribution is 2.62. The molecule has 1 heterocycles. The summed E-state index contributed by atoms with van der Waals surface area (Å²) in [4.78, 5) is 42.4. The third-order valence-corrected chi connectivity index (χ3v) is 8.60. The van der Waals surface area contributed by atoms with Crippen LogP contribution in [0.25, 0.3) is 0 Å². The van der Waals surface area contributed by atoms with E-state index in [4.69, 9.17) is 16.3 Å². The molecule has 4 bridgehead atoms. The van der Waals surface area contributed by atoms with Gasteiger partial charge in [0, 0.05) is 29.1 Å². The van der Waals surface area contributed by atoms with Gasteiger partial charge in [0.1, 0.15) is 0 Å². The third kappa shape index (κ3) is 4.58. The standard InChI is InChI=1S/C25H28ClN3O4S/c1-16(30)28-25-11-17-8-18(12-25)10-24(9-17,15-25)22(32)33-14-21(31)27-23-29(6-7-34-23)13-19-4-2-3-5-20(19)26/h2-7,17-18H,8-15H2,1H3,(H,28,30). The lowest BCUT2D eigenvalue weighted by Gasteiger charge is -2.60. The van der Waals surface area contributed by atoms with E-state index in [1.54, 1.807) is 0 Å². The molecule has 34 heavy (non-hydrogen) atoms. The van der Waals surface area contributed by atoms with Crippen molar-refractivity contribution < 1.29 is 19.1 Å². The minimum atomic E-state index is -0.611. The highest BCUT2D eigenvalue weighted by atomic mass is 35.5. The summed E-state index contributed by atoms with van der Waals surface area (Å²) in [5, 5.41) is 5.65. The van der Waals surface area contributed by atoms with E-state index < -0.39 is 11.3 Å². The number of esters is 1. The first-order valence-corrected chi connectivity index (χ1v) is 12.9. The van der Waals surface area contributed by atoms with Crippen molar-refractivity contribution in [2.75, 3.05) is 6.61 Å². The van der Waals surface area contributed by atoms with E-state index in [0.717, 1.165) is 37.7 Å². The predicted molar refractivity (Wildman–Crippen MR) is 128 cm³/mol. The summed E-state index contributed by atoms with van der Waals surface area (Å²) < 4.78 is 7.39. The van der Waals surface area contributed by atoms with Crippen molar-refractivity contribution >= 4 is 40.7 Å². The molecule has 0 spiro atoms. The van der Waals surface area contributed by atoms with Crippen LogP contribution in [0.4, 0.5) is 0 Å². The molecule has 0 aliphatic heterocycles. The molecule has 4 aliphatic rings. The number of nitrogens with one attached hydrogen (secondary N) is 1. The fourth-order valence-electron chi connectivity index (χ4n) is 6.76. The van der Waals surface area contributed by atoms with Gasteiger partial charge in [0.05, 0.1) is 12.0 Å². The van der Waals surface area contributed by atoms with E-state index in [1.807, 2.05) is 40.4 Å². The van der Waals surface area contributed by atoms with Gasteiger partial charge in [-0.3, -0.25) is 14.4 Å². The number of benzene rings is 1. The summed E-state index contributed by atoms with van der Waals surface area (Å²) in [6.07, 6.45) is 6.96. The number of hydrogen-bond donors (Lipinski definition) is 1. The number of carbonyl (C=O) groups excluding carboxylic acids is 3. The van der Waals surface area contributed by atoms with Gasteiger partial charge in [0.15, 0.2) is 11.4 Å². The molecule has 2 amide bonds. The molecular formula is C25H28ClN3O4S. The van der Waals surface area contributed by atoms with E-state index in [0.29, 0.717) is 34.6 Å². The van der Waals surface area contributed by atoms with Crippen LogP contribution >= 0.6 is 22.9 Å². The Morgan fingerprint density at radius 2 is 1.94 bits per heavy atom. The Morgan fingerprint density at radius 1 is 1.21 bits per heavy atom. The molecule has 7 nitrogen and oxygen atoms in total. The van der Waals surface area contributed by atoms with Crippen LogP contribution < -0.4 is 10.1 Å². The van der Waals surface area contributed by atoms with Crippen LogP contribution in [-0.4, -0.2) is 34.5 Å². The second-order valence-corrected chi connectivity index (χ2v) is 11.5. The topological polar surface area (TPSA) is 89.8 Å². The first kappa shape index (κ1) is 23.3. The summed E-state index contributed by atoms with van der Waals surface area (Å²) in [5.74, 6) is -0.0487. The largest absolute Gasteiger partial charge is 0.455 e. The molecule has 1 aromatic carbocycles. The molecule has 2 atom stereocenters. The smallest absolute Gasteiger partial charge is 0.312 e. The van der Waals surface area contributed by atoms with Crippen molar-refractivity contribution in [2.45, 2.75) is 57.5 Å². The van der Waals surface area contributed by atoms with Crippen molar-refractivity contribution in [1.82, 2.24) is 9.88 Å². The van der Waals surface area contributed by atoms with E-state index in [9.17, 15) is 14.4 Å². The van der Waals surface area contributed by atoms with E-state index in [1.165, 1.54) is 18.3 Å². The number of rotatable bonds is 6. The zero-order valence-corrected chi connectivity index (χ0v) is 20.7. The molecule has 9 heteroatoms. The Morgan fingerprint density at radius 3 is 2.65 bits per heavy atom. The number of nitrogens with zero attached hydrogens (tertiary/aromatic N) is 2. The molecule has 1 N–H and O–H groups in total. The molecule has 0 radical (unpaired) electrons. The maximum Gasteiger partial charge on any atom is 0.312 e. The zero-order valence-electron chi connectivity index (χ0n) is 19.1. The Bertz CT molecular complexity index is 1190. The summed E-state index contributed by atoms with van der Waals surface area (Å²) in [5.41, 5.74) is 0.00219. The summed E-state index contributed by atoms with van der Waals surface area (Å²) in [7, 11) is 0. The van der Waals surface area contributed by atoms with Gasteiger partial charge >= 0.3 is 5.97 Å². The Balaban J connectivity index is 1.26. The Labute approximate surface area is 207 Å². The second-order valence-electron chi connectivity index (χ2n) is 10.2. The number of thiazole rings is 1. The highest BCUT2D eigenvalue weighted by Gasteiger charge is 2.61. The normalized spacial score (nSPS) is 29.8. The minimum Gasteiger partial charge on any atom is -0.455 e. The molecule has 180 valence electrons. The zero-order chi connectivity index (χ0) is 23.9. The molecule has 4 fully saturated rings. The van der Waals surface area contributed by atoms with Crippen LogP contribution in [0.2, 0.25) is 5.02 Å². The number of aromatic nitrogens is 1. The average Bonchev–Trinajstić information content (AvgIpc) is 3.18. The Kier molecular flexibility index (Phi) is 6.14. The summed E-state index contributed by atoms with van der Waals surface area (Å²) in [6, 6.07) is 7.54. The molecule has 0 saturated heterocycles. The van der Waals surface area contributed by atoms with Gasteiger partial charge in [-0.1, -0.05) is 29.8 Å². The second kappa shape index (κ2) is 8.96. The van der Waals surface area contributed by atoms with Crippen molar-refractivity contribution in [3.8, 4) is 0 Å². The highest BCUT2D eigenvalue weighted by molar-refractivity contribution is 7.07. The first-order valence-electron chi connectivity index (χ1n) is 11.7. The summed E-state index contributed by atoms with van der Waals surface area (Å²) in [6.45, 7) is 1.64. The molecule has 4 saturated carbocycles. The van der Waals surface area contributed by atoms with Gasteiger partial charge in [-0.2, -0.15) is 4.99 Å². The van der Waals surface area contributed by atoms with Crippen LogP contribution in [0.15, 0.2) is 40.8 Å². The molecular weight excluding hydrogens is 474 g/mol. The van der Waals surface area contributed by atoms with E-state index in [-0.39, 0.29) is 24.0 Å². The first-order chi connectivity index (χ1) is 16.3. The number of amides is 2. The predicted octanol–water partition coefficient (Wildman–Crippen LogP) is 3.70. The fraction of sp³-hybridized carbons (Fsp3) is 0.520. The monoisotopic (exact) mass is 501 g/mol. The average molecular weight is 502 g/mol. The summed E-state index contributed by atoms with van der Waals surface area (Å²) >= 11 is 7.60. The maximum absolute atomic E-state index is 13.2. The maximum atomic E-state index is 13.2. The molecule has 6 rings (SSSR count). The minimum absolute atomic E-state index is 0.0551. The van der Waals surface area contributed by atoms with Gasteiger partial charge in [0.25, 0.3) is 5.91 Å². The lowest BCUT2D eigenvalue weighted by atomic mass is 9.47. The lowest BCUT2D eigenvalue weighted by molar-refractivity contribution is -0.177. The molecule has 2 unspecified atom stereocenters. The molecule has 2 aromatic rings. The number of hydrogen-bond acceptors (Lipinski definition) is 5. The van der Waals surface area contributed by atoms with Crippen molar-refractivity contribution in [2.24, 2.45) is 22.2 Å². The van der Waals surface area contributed by atoms with Crippen LogP contribution in [-0.2, 0) is 25.7 Å². The van der Waals surface area contributed by atoms with Gasteiger partial charge in [-0.15, -0.1) is 11.3 Å². The number of carbonyl (C=O) groups is 3. The lowest BCUT2D eigenvalue weighted by Crippen LogP contribution is -2.64. The number of ether oxygens (including phenoxy) is 1. The van der Waals surface area contributed by atoms with Crippen LogP contribution in [0, 0.1) is 17.3 Å². The van der Waals surface area contributed by atoms with Gasteiger partial charge in [-0.25, -0.2) is 0 Å². The molecule has 1 aromatic heterocycles. The van der Waals surface area contributed by atoms with Crippen LogP contribution in [0.5, 0.6) is 0 Å². The van der Waals surface area contributed by atoms with Crippen molar-refractivity contribution in [1.29, 1.82) is 0 Å². The van der Waals surface area contributed by atoms with Crippen LogP contribution in [0.1, 0.15) is 51.0 Å². The molecule has 4 aliphatic carbocycles. The van der Waals surface area contributed by atoms with Gasteiger partial charge in [0.2, 0.25) is 5.91 Å². The third-order valence-electron chi connectivity index (χ3n) is 7.44. The van der Waals surface area contributed by atoms with E-state index in [2.05, 4.69) is 10.3 Å². The Hall–Kier alpha value is -2.45. The fourth-order valence-corrected chi connectivity index (χ4v) is 7.70. The SMILES string of the molecule is CC(=O)NC12CC3CC(C1)CC(C(=O)OCC(=O)N=c1sccn1Cc1ccccc1Cl)(C3)C2. The van der Waals surface area contributed by atoms with Crippen LogP contribution in [0.3, 0.4) is 0 Å². The van der Waals surface area contributed by atoms with Gasteiger partial charge in [-0.05, 0) is 62.0 Å². The van der Waals surface area contributed by atoms with Crippen molar-refractivity contribution in [3.63, 3.8) is 0 Å². The van der Waals surface area contributed by atoms with Gasteiger partial charge < -0.3 is 14.6 Å². The van der Waals surface area contributed by atoms with E-state index >= 15 is 0 Å². The quantitative estimate of drug-likeness (QED) is 0.611. The number of halogens is 1. The van der Waals surface area contributed by atoms with Crippen molar-refractivity contribution in [3.05, 3.63) is 51.2 Å².